The van der Waals surface area contributed by atoms with E-state index in [1.165, 1.54) is 7.05 Å². The maximum absolute atomic E-state index is 11.6. The van der Waals surface area contributed by atoms with Crippen LogP contribution in [0.3, 0.4) is 0 Å². The van der Waals surface area contributed by atoms with Crippen LogP contribution in [0.25, 0.3) is 0 Å². The summed E-state index contributed by atoms with van der Waals surface area (Å²) in [6.45, 7) is 0. The molecule has 0 saturated heterocycles. The average Bonchev–Trinajstić information content (AvgIpc) is 2.47. The zero-order valence-corrected chi connectivity index (χ0v) is 13.3. The quantitative estimate of drug-likeness (QED) is 0.825. The number of hydrogen-bond donors (Lipinski definition) is 2. The van der Waals surface area contributed by atoms with Gasteiger partial charge in [-0.1, -0.05) is 0 Å². The third kappa shape index (κ3) is 4.28. The summed E-state index contributed by atoms with van der Waals surface area (Å²) in [5, 5.41) is 0. The summed E-state index contributed by atoms with van der Waals surface area (Å²) >= 11 is 0. The summed E-state index contributed by atoms with van der Waals surface area (Å²) in [5.74, 6) is 1.55. The SMILES string of the molecule is CNS(=O)(=O)C[C@H]1CC[C@H](N(C)c2ccnc(N)n2)CC1. The van der Waals surface area contributed by atoms with Gasteiger partial charge in [0.05, 0.1) is 5.75 Å². The van der Waals surface area contributed by atoms with Crippen molar-refractivity contribution < 1.29 is 8.42 Å². The van der Waals surface area contributed by atoms with Gasteiger partial charge in [0.15, 0.2) is 0 Å². The molecular weight excluding hydrogens is 290 g/mol. The Hall–Kier alpha value is -1.41. The van der Waals surface area contributed by atoms with Crippen LogP contribution in [0.15, 0.2) is 12.3 Å². The second kappa shape index (κ2) is 6.57. The average molecular weight is 313 g/mol. The van der Waals surface area contributed by atoms with E-state index >= 15 is 0 Å². The number of nitrogens with zero attached hydrogens (tertiary/aromatic N) is 3. The molecule has 0 radical (unpaired) electrons. The van der Waals surface area contributed by atoms with Crippen molar-refractivity contribution in [3.05, 3.63) is 12.3 Å². The summed E-state index contributed by atoms with van der Waals surface area (Å²) in [6.07, 6.45) is 5.40. The van der Waals surface area contributed by atoms with E-state index in [1.54, 1.807) is 6.20 Å². The van der Waals surface area contributed by atoms with Crippen molar-refractivity contribution in [1.29, 1.82) is 0 Å². The number of nitrogens with one attached hydrogen (secondary N) is 1. The van der Waals surface area contributed by atoms with Gasteiger partial charge in [0.1, 0.15) is 5.82 Å². The predicted octanol–water partition coefficient (Wildman–Crippen LogP) is 0.603. The lowest BCUT2D eigenvalue weighted by molar-refractivity contribution is 0.340. The molecule has 3 N–H and O–H groups in total. The number of anilines is 2. The van der Waals surface area contributed by atoms with E-state index in [0.717, 1.165) is 31.5 Å². The second-order valence-corrected chi connectivity index (χ2v) is 7.52. The molecule has 0 unspecified atom stereocenters. The molecule has 0 amide bonds. The van der Waals surface area contributed by atoms with E-state index in [9.17, 15) is 8.42 Å². The minimum atomic E-state index is -3.12. The van der Waals surface area contributed by atoms with Gasteiger partial charge >= 0.3 is 0 Å². The molecule has 118 valence electrons. The van der Waals surface area contributed by atoms with E-state index in [-0.39, 0.29) is 17.6 Å². The Balaban J connectivity index is 1.92. The lowest BCUT2D eigenvalue weighted by Gasteiger charge is -2.35. The summed E-state index contributed by atoms with van der Waals surface area (Å²) in [4.78, 5) is 10.2. The number of rotatable bonds is 5. The highest BCUT2D eigenvalue weighted by atomic mass is 32.2. The smallest absolute Gasteiger partial charge is 0.221 e. The van der Waals surface area contributed by atoms with Crippen molar-refractivity contribution >= 4 is 21.8 Å². The minimum Gasteiger partial charge on any atom is -0.368 e. The van der Waals surface area contributed by atoms with Crippen LogP contribution in [-0.4, -0.2) is 44.3 Å². The first-order valence-corrected chi connectivity index (χ1v) is 8.79. The molecule has 1 aliphatic rings. The van der Waals surface area contributed by atoms with E-state index < -0.39 is 10.0 Å². The Bertz CT molecular complexity index is 570. The van der Waals surface area contributed by atoms with Crippen LogP contribution in [0, 0.1) is 5.92 Å². The van der Waals surface area contributed by atoms with Crippen LogP contribution in [-0.2, 0) is 10.0 Å². The lowest BCUT2D eigenvalue weighted by atomic mass is 9.86. The van der Waals surface area contributed by atoms with Crippen molar-refractivity contribution in [1.82, 2.24) is 14.7 Å². The first kappa shape index (κ1) is 16.0. The van der Waals surface area contributed by atoms with Crippen molar-refractivity contribution in [2.24, 2.45) is 5.92 Å². The molecule has 1 saturated carbocycles. The lowest BCUT2D eigenvalue weighted by Crippen LogP contribution is -2.37. The molecular formula is C13H23N5O2S. The van der Waals surface area contributed by atoms with Crippen molar-refractivity contribution in [2.45, 2.75) is 31.7 Å². The molecule has 0 aromatic carbocycles. The van der Waals surface area contributed by atoms with Crippen LogP contribution < -0.4 is 15.4 Å². The molecule has 0 bridgehead atoms. The molecule has 0 aliphatic heterocycles. The Kier molecular flexibility index (Phi) is 5.00. The number of sulfonamides is 1. The van der Waals surface area contributed by atoms with Gasteiger partial charge in [0, 0.05) is 19.3 Å². The highest BCUT2D eigenvalue weighted by Crippen LogP contribution is 2.29. The molecule has 8 heteroatoms. The molecule has 7 nitrogen and oxygen atoms in total. The van der Waals surface area contributed by atoms with Gasteiger partial charge in [0.25, 0.3) is 0 Å². The molecule has 1 aromatic rings. The molecule has 1 fully saturated rings. The topological polar surface area (TPSA) is 101 Å². The normalized spacial score (nSPS) is 23.0. The Morgan fingerprint density at radius 1 is 1.38 bits per heavy atom. The molecule has 0 atom stereocenters. The largest absolute Gasteiger partial charge is 0.368 e. The van der Waals surface area contributed by atoms with E-state index in [1.807, 2.05) is 13.1 Å². The second-order valence-electron chi connectivity index (χ2n) is 5.54. The van der Waals surface area contributed by atoms with E-state index in [4.69, 9.17) is 5.73 Å². The maximum Gasteiger partial charge on any atom is 0.221 e. The van der Waals surface area contributed by atoms with Gasteiger partial charge < -0.3 is 10.6 Å². The standard InChI is InChI=1S/C13H23N5O2S/c1-15-21(19,20)9-10-3-5-11(6-4-10)18(2)12-7-8-16-13(14)17-12/h7-8,10-11,15H,3-6,9H2,1-2H3,(H2,14,16,17)/t10-,11-. The van der Waals surface area contributed by atoms with Crippen molar-refractivity contribution in [3.8, 4) is 0 Å². The number of hydrogen-bond acceptors (Lipinski definition) is 6. The third-order valence-electron chi connectivity index (χ3n) is 4.15. The van der Waals surface area contributed by atoms with Gasteiger partial charge in [-0.25, -0.2) is 18.1 Å². The number of nitrogens with two attached hydrogens (primary N) is 1. The third-order valence-corrected chi connectivity index (χ3v) is 5.68. The first-order valence-electron chi connectivity index (χ1n) is 7.14. The van der Waals surface area contributed by atoms with Gasteiger partial charge in [0.2, 0.25) is 16.0 Å². The Labute approximate surface area is 126 Å². The van der Waals surface area contributed by atoms with Crippen LogP contribution in [0.1, 0.15) is 25.7 Å². The van der Waals surface area contributed by atoms with Crippen molar-refractivity contribution in [2.75, 3.05) is 30.5 Å². The zero-order chi connectivity index (χ0) is 15.5. The van der Waals surface area contributed by atoms with Crippen LogP contribution in [0.2, 0.25) is 0 Å². The molecule has 1 aliphatic carbocycles. The fraction of sp³-hybridized carbons (Fsp3) is 0.692. The minimum absolute atomic E-state index is 0.223. The van der Waals surface area contributed by atoms with Gasteiger partial charge in [-0.15, -0.1) is 0 Å². The summed E-state index contributed by atoms with van der Waals surface area (Å²) < 4.78 is 25.6. The highest BCUT2D eigenvalue weighted by Gasteiger charge is 2.27. The molecule has 2 rings (SSSR count). The van der Waals surface area contributed by atoms with Crippen LogP contribution >= 0.6 is 0 Å². The molecule has 1 heterocycles. The molecule has 1 aromatic heterocycles. The number of nitrogen functional groups attached to an aromatic ring is 1. The number of aromatic nitrogens is 2. The molecule has 21 heavy (non-hydrogen) atoms. The zero-order valence-electron chi connectivity index (χ0n) is 12.5. The van der Waals surface area contributed by atoms with Crippen LogP contribution in [0.5, 0.6) is 0 Å². The summed E-state index contributed by atoms with van der Waals surface area (Å²) in [7, 11) is 0.348. The fourth-order valence-electron chi connectivity index (χ4n) is 2.84. The fourth-order valence-corrected chi connectivity index (χ4v) is 3.96. The van der Waals surface area contributed by atoms with Gasteiger partial charge in [-0.05, 0) is 44.7 Å². The summed E-state index contributed by atoms with van der Waals surface area (Å²) in [5.41, 5.74) is 5.61. The summed E-state index contributed by atoms with van der Waals surface area (Å²) in [6, 6.07) is 2.21. The van der Waals surface area contributed by atoms with E-state index in [2.05, 4.69) is 19.6 Å². The van der Waals surface area contributed by atoms with E-state index in [0.29, 0.717) is 6.04 Å². The van der Waals surface area contributed by atoms with Gasteiger partial charge in [-0.2, -0.15) is 4.98 Å². The van der Waals surface area contributed by atoms with Crippen LogP contribution in [0.4, 0.5) is 11.8 Å². The van der Waals surface area contributed by atoms with Gasteiger partial charge in [-0.3, -0.25) is 0 Å². The molecule has 0 spiro atoms. The predicted molar refractivity (Wildman–Crippen MR) is 83.4 cm³/mol. The van der Waals surface area contributed by atoms with Crippen molar-refractivity contribution in [3.63, 3.8) is 0 Å². The monoisotopic (exact) mass is 313 g/mol. The first-order chi connectivity index (χ1) is 9.91. The maximum atomic E-state index is 11.6. The highest BCUT2D eigenvalue weighted by molar-refractivity contribution is 7.89. The Morgan fingerprint density at radius 3 is 2.62 bits per heavy atom. The Morgan fingerprint density at radius 2 is 2.05 bits per heavy atom.